The Balaban J connectivity index is 2.61. The minimum absolute atomic E-state index is 0.0397. The van der Waals surface area contributed by atoms with E-state index in [4.69, 9.17) is 9.47 Å². The first-order valence-electron chi connectivity index (χ1n) is 6.64. The van der Waals surface area contributed by atoms with E-state index in [1.807, 2.05) is 20.8 Å². The number of halogens is 1. The van der Waals surface area contributed by atoms with Crippen LogP contribution in [0.1, 0.15) is 26.3 Å². The Morgan fingerprint density at radius 3 is 2.55 bits per heavy atom. The lowest BCUT2D eigenvalue weighted by Gasteiger charge is -2.21. The van der Waals surface area contributed by atoms with Gasteiger partial charge in [0.1, 0.15) is 24.3 Å². The van der Waals surface area contributed by atoms with Crippen LogP contribution in [0.25, 0.3) is 0 Å². The second-order valence-corrected chi connectivity index (χ2v) is 5.82. The van der Waals surface area contributed by atoms with Crippen molar-refractivity contribution in [1.29, 1.82) is 0 Å². The lowest BCUT2D eigenvalue weighted by atomic mass is 10.1. The molecule has 0 saturated heterocycles. The summed E-state index contributed by atoms with van der Waals surface area (Å²) in [5.41, 5.74) is 0.762. The van der Waals surface area contributed by atoms with Crippen LogP contribution in [-0.4, -0.2) is 37.1 Å². The summed E-state index contributed by atoms with van der Waals surface area (Å²) in [6.07, 6.45) is -0.723. The molecule has 1 atom stereocenters. The first kappa shape index (κ1) is 16.9. The van der Waals surface area contributed by atoms with Crippen molar-refractivity contribution in [2.45, 2.75) is 39.0 Å². The molecule has 0 aromatic heterocycles. The summed E-state index contributed by atoms with van der Waals surface area (Å²) >= 11 is 0. The maximum Gasteiger partial charge on any atom is 0.127 e. The van der Waals surface area contributed by atoms with E-state index in [0.717, 1.165) is 5.56 Å². The largest absolute Gasteiger partial charge is 0.491 e. The average Bonchev–Trinajstić information content (AvgIpc) is 2.33. The molecule has 0 aliphatic heterocycles. The molecule has 0 heterocycles. The minimum atomic E-state index is -0.723. The van der Waals surface area contributed by atoms with Crippen molar-refractivity contribution in [3.8, 4) is 5.75 Å². The van der Waals surface area contributed by atoms with Crippen LogP contribution in [0.3, 0.4) is 0 Å². The third-order valence-corrected chi connectivity index (χ3v) is 2.56. The fraction of sp³-hybridized carbons (Fsp3) is 0.600. The van der Waals surface area contributed by atoms with Gasteiger partial charge in [0.05, 0.1) is 6.61 Å². The van der Waals surface area contributed by atoms with Gasteiger partial charge >= 0.3 is 0 Å². The molecule has 1 rings (SSSR count). The zero-order valence-electron chi connectivity index (χ0n) is 12.6. The molecule has 0 fully saturated rings. The number of aliphatic hydroxyl groups is 1. The smallest absolute Gasteiger partial charge is 0.127 e. The SMILES string of the molecule is COCC(O)COc1cc(F)cc(CNC(C)(C)C)c1. The molecule has 0 aliphatic carbocycles. The van der Waals surface area contributed by atoms with Crippen LogP contribution in [0.4, 0.5) is 4.39 Å². The highest BCUT2D eigenvalue weighted by Crippen LogP contribution is 2.17. The number of hydrogen-bond donors (Lipinski definition) is 2. The topological polar surface area (TPSA) is 50.7 Å². The second kappa shape index (κ2) is 7.57. The molecule has 1 aromatic rings. The van der Waals surface area contributed by atoms with Crippen LogP contribution in [-0.2, 0) is 11.3 Å². The second-order valence-electron chi connectivity index (χ2n) is 5.82. The van der Waals surface area contributed by atoms with Crippen molar-refractivity contribution in [2.24, 2.45) is 0 Å². The Hall–Kier alpha value is -1.17. The van der Waals surface area contributed by atoms with Crippen molar-refractivity contribution < 1.29 is 19.0 Å². The van der Waals surface area contributed by atoms with Gasteiger partial charge in [-0.2, -0.15) is 0 Å². The Bertz CT molecular complexity index is 418. The number of hydrogen-bond acceptors (Lipinski definition) is 4. The predicted octanol–water partition coefficient (Wildman–Crippen LogP) is 2.10. The van der Waals surface area contributed by atoms with E-state index in [0.29, 0.717) is 12.3 Å². The molecule has 0 amide bonds. The standard InChI is InChI=1S/C15H24FNO3/c1-15(2,3)17-8-11-5-12(16)7-14(6-11)20-10-13(18)9-19-4/h5-7,13,17-18H,8-10H2,1-4H3. The summed E-state index contributed by atoms with van der Waals surface area (Å²) in [5, 5.41) is 12.8. The van der Waals surface area contributed by atoms with E-state index in [1.165, 1.54) is 19.2 Å². The third-order valence-electron chi connectivity index (χ3n) is 2.56. The number of methoxy groups -OCH3 is 1. The lowest BCUT2D eigenvalue weighted by molar-refractivity contribution is 0.0324. The summed E-state index contributed by atoms with van der Waals surface area (Å²) in [5.74, 6) is 0.0558. The van der Waals surface area contributed by atoms with Crippen molar-refractivity contribution in [2.75, 3.05) is 20.3 Å². The van der Waals surface area contributed by atoms with Crippen LogP contribution < -0.4 is 10.1 Å². The zero-order valence-corrected chi connectivity index (χ0v) is 12.6. The van der Waals surface area contributed by atoms with Crippen LogP contribution in [0.15, 0.2) is 18.2 Å². The van der Waals surface area contributed by atoms with Crippen molar-refractivity contribution in [1.82, 2.24) is 5.32 Å². The summed E-state index contributed by atoms with van der Waals surface area (Å²) < 4.78 is 23.7. The first-order valence-corrected chi connectivity index (χ1v) is 6.64. The number of nitrogens with one attached hydrogen (secondary N) is 1. The van der Waals surface area contributed by atoms with Crippen LogP contribution in [0, 0.1) is 5.82 Å². The third kappa shape index (κ3) is 6.84. The zero-order chi connectivity index (χ0) is 15.2. The maximum atomic E-state index is 13.5. The molecule has 0 saturated carbocycles. The van der Waals surface area contributed by atoms with E-state index >= 15 is 0 Å². The Labute approximate surface area is 119 Å². The van der Waals surface area contributed by atoms with Gasteiger partial charge in [0.25, 0.3) is 0 Å². The molecule has 2 N–H and O–H groups in total. The van der Waals surface area contributed by atoms with E-state index in [2.05, 4.69) is 5.32 Å². The highest BCUT2D eigenvalue weighted by Gasteiger charge is 2.10. The Morgan fingerprint density at radius 1 is 1.25 bits per heavy atom. The Kier molecular flexibility index (Phi) is 6.39. The summed E-state index contributed by atoms with van der Waals surface area (Å²) in [4.78, 5) is 0. The fourth-order valence-corrected chi connectivity index (χ4v) is 1.61. The van der Waals surface area contributed by atoms with Gasteiger partial charge in [-0.3, -0.25) is 0 Å². The first-order chi connectivity index (χ1) is 9.30. The van der Waals surface area contributed by atoms with E-state index in [1.54, 1.807) is 6.07 Å². The minimum Gasteiger partial charge on any atom is -0.491 e. The molecule has 114 valence electrons. The summed E-state index contributed by atoms with van der Waals surface area (Å²) in [6.45, 7) is 6.95. The van der Waals surface area contributed by atoms with Gasteiger partial charge in [0.2, 0.25) is 0 Å². The molecule has 4 nitrogen and oxygen atoms in total. The van der Waals surface area contributed by atoms with Gasteiger partial charge in [-0.1, -0.05) is 0 Å². The highest BCUT2D eigenvalue weighted by atomic mass is 19.1. The molecule has 0 radical (unpaired) electrons. The quantitative estimate of drug-likeness (QED) is 0.805. The average molecular weight is 285 g/mol. The van der Waals surface area contributed by atoms with Crippen LogP contribution >= 0.6 is 0 Å². The van der Waals surface area contributed by atoms with E-state index < -0.39 is 6.10 Å². The molecule has 20 heavy (non-hydrogen) atoms. The molecule has 0 spiro atoms. The van der Waals surface area contributed by atoms with Gasteiger partial charge < -0.3 is 19.9 Å². The van der Waals surface area contributed by atoms with Gasteiger partial charge in [0, 0.05) is 25.3 Å². The van der Waals surface area contributed by atoms with Crippen LogP contribution in [0.2, 0.25) is 0 Å². The van der Waals surface area contributed by atoms with E-state index in [9.17, 15) is 9.50 Å². The number of aliphatic hydroxyl groups excluding tert-OH is 1. The molecule has 5 heteroatoms. The molecule has 0 aliphatic rings. The van der Waals surface area contributed by atoms with Gasteiger partial charge in [-0.15, -0.1) is 0 Å². The molecule has 1 unspecified atom stereocenters. The number of rotatable bonds is 7. The van der Waals surface area contributed by atoms with Crippen LogP contribution in [0.5, 0.6) is 5.75 Å². The Morgan fingerprint density at radius 2 is 1.95 bits per heavy atom. The highest BCUT2D eigenvalue weighted by molar-refractivity contribution is 5.29. The molecule has 1 aromatic carbocycles. The van der Waals surface area contributed by atoms with Gasteiger partial charge in [0.15, 0.2) is 0 Å². The molecular formula is C15H24FNO3. The summed E-state index contributed by atoms with van der Waals surface area (Å²) in [7, 11) is 1.50. The molecule has 0 bridgehead atoms. The molecular weight excluding hydrogens is 261 g/mol. The number of ether oxygens (including phenoxy) is 2. The van der Waals surface area contributed by atoms with E-state index in [-0.39, 0.29) is 24.6 Å². The monoisotopic (exact) mass is 285 g/mol. The lowest BCUT2D eigenvalue weighted by Crippen LogP contribution is -2.35. The summed E-state index contributed by atoms with van der Waals surface area (Å²) in [6, 6.07) is 4.54. The normalized spacial score (nSPS) is 13.3. The maximum absolute atomic E-state index is 13.5. The van der Waals surface area contributed by atoms with Gasteiger partial charge in [-0.25, -0.2) is 4.39 Å². The van der Waals surface area contributed by atoms with Crippen molar-refractivity contribution in [3.05, 3.63) is 29.6 Å². The predicted molar refractivity (Wildman–Crippen MR) is 76.4 cm³/mol. The van der Waals surface area contributed by atoms with Gasteiger partial charge in [-0.05, 0) is 38.5 Å². The van der Waals surface area contributed by atoms with Crippen molar-refractivity contribution >= 4 is 0 Å². The number of benzene rings is 1. The fourth-order valence-electron chi connectivity index (χ4n) is 1.61. The van der Waals surface area contributed by atoms with Crippen molar-refractivity contribution in [3.63, 3.8) is 0 Å².